The summed E-state index contributed by atoms with van der Waals surface area (Å²) in [4.78, 5) is 30.2. The zero-order valence-electron chi connectivity index (χ0n) is 16.3. The van der Waals surface area contributed by atoms with Crippen LogP contribution in [0.5, 0.6) is 0 Å². The Hall–Kier alpha value is -3.18. The van der Waals surface area contributed by atoms with Crippen LogP contribution in [0.4, 0.5) is 11.4 Å². The molecule has 0 bridgehead atoms. The molecule has 0 N–H and O–H groups in total. The summed E-state index contributed by atoms with van der Waals surface area (Å²) in [5.41, 5.74) is 4.08. The maximum absolute atomic E-state index is 13.4. The number of carbonyl (C=O) groups is 2. The van der Waals surface area contributed by atoms with Crippen molar-refractivity contribution in [3.05, 3.63) is 71.3 Å². The van der Waals surface area contributed by atoms with E-state index in [1.165, 1.54) is 4.90 Å². The van der Waals surface area contributed by atoms with Crippen LogP contribution in [-0.4, -0.2) is 44.1 Å². The first-order valence-corrected chi connectivity index (χ1v) is 9.43. The third-order valence-corrected chi connectivity index (χ3v) is 5.67. The average Bonchev–Trinajstić information content (AvgIpc) is 2.65. The van der Waals surface area contributed by atoms with E-state index in [1.807, 2.05) is 42.5 Å². The van der Waals surface area contributed by atoms with E-state index in [-0.39, 0.29) is 11.8 Å². The molecule has 2 aliphatic heterocycles. The van der Waals surface area contributed by atoms with Crippen LogP contribution in [0.25, 0.3) is 10.8 Å². The fourth-order valence-corrected chi connectivity index (χ4v) is 4.75. The molecule has 3 aromatic rings. The molecule has 0 saturated heterocycles. The second-order valence-corrected chi connectivity index (χ2v) is 8.37. The summed E-state index contributed by atoms with van der Waals surface area (Å²) in [6.45, 7) is 1.73. The minimum absolute atomic E-state index is 0.249. The zero-order valence-corrected chi connectivity index (χ0v) is 16.3. The molecule has 2 amide bonds. The van der Waals surface area contributed by atoms with Crippen molar-refractivity contribution in [3.8, 4) is 0 Å². The summed E-state index contributed by atoms with van der Waals surface area (Å²) in [6.07, 6.45) is 0. The van der Waals surface area contributed by atoms with E-state index in [0.29, 0.717) is 16.8 Å². The SMILES string of the molecule is CN1C[N+](C)(C)Cc2cc3c4c(cccc4c21)C(=O)N(c1ccccc1)C3=O. The van der Waals surface area contributed by atoms with Gasteiger partial charge in [0.1, 0.15) is 6.54 Å². The monoisotopic (exact) mass is 372 g/mol. The number of quaternary nitrogens is 1. The van der Waals surface area contributed by atoms with E-state index in [9.17, 15) is 9.59 Å². The highest BCUT2D eigenvalue weighted by Crippen LogP contribution is 2.41. The lowest BCUT2D eigenvalue weighted by atomic mass is 9.89. The summed E-state index contributed by atoms with van der Waals surface area (Å²) in [5.74, 6) is -0.509. The maximum atomic E-state index is 13.4. The highest BCUT2D eigenvalue weighted by molar-refractivity contribution is 6.36. The Morgan fingerprint density at radius 1 is 0.893 bits per heavy atom. The van der Waals surface area contributed by atoms with Crippen LogP contribution >= 0.6 is 0 Å². The van der Waals surface area contributed by atoms with Crippen molar-refractivity contribution >= 4 is 34.0 Å². The molecule has 2 aliphatic rings. The van der Waals surface area contributed by atoms with Gasteiger partial charge < -0.3 is 9.38 Å². The summed E-state index contributed by atoms with van der Waals surface area (Å²) >= 11 is 0. The van der Waals surface area contributed by atoms with Gasteiger partial charge in [-0.05, 0) is 24.3 Å². The molecule has 5 rings (SSSR count). The third kappa shape index (κ3) is 2.29. The normalized spacial score (nSPS) is 17.8. The lowest BCUT2D eigenvalue weighted by Gasteiger charge is -2.41. The summed E-state index contributed by atoms with van der Waals surface area (Å²) in [7, 11) is 6.45. The van der Waals surface area contributed by atoms with Crippen molar-refractivity contribution in [3.63, 3.8) is 0 Å². The van der Waals surface area contributed by atoms with Gasteiger partial charge in [0.15, 0.2) is 6.67 Å². The number of rotatable bonds is 1. The number of fused-ring (bicyclic) bond motifs is 2. The van der Waals surface area contributed by atoms with Crippen molar-refractivity contribution in [1.82, 2.24) is 0 Å². The fourth-order valence-electron chi connectivity index (χ4n) is 4.75. The van der Waals surface area contributed by atoms with Crippen LogP contribution in [-0.2, 0) is 6.54 Å². The molecule has 0 unspecified atom stereocenters. The van der Waals surface area contributed by atoms with Crippen LogP contribution in [0.2, 0.25) is 0 Å². The fraction of sp³-hybridized carbons (Fsp3) is 0.217. The summed E-state index contributed by atoms with van der Waals surface area (Å²) in [5, 5.41) is 1.77. The van der Waals surface area contributed by atoms with Crippen molar-refractivity contribution in [2.45, 2.75) is 6.54 Å². The number of anilines is 2. The van der Waals surface area contributed by atoms with Gasteiger partial charge in [0, 0.05) is 34.5 Å². The molecule has 0 radical (unpaired) electrons. The lowest BCUT2D eigenvalue weighted by molar-refractivity contribution is -0.904. The standard InChI is InChI=1S/C23H22N3O2/c1-24-14-26(2,3)13-15-12-19-20-17(21(15)24)10-7-11-18(20)22(27)25(23(19)28)16-8-5-4-6-9-16/h4-12H,13-14H2,1-3H3/q+1. The van der Waals surface area contributed by atoms with E-state index < -0.39 is 0 Å². The average molecular weight is 372 g/mol. The second kappa shape index (κ2) is 5.66. The highest BCUT2D eigenvalue weighted by atomic mass is 16.2. The number of hydrogen-bond acceptors (Lipinski definition) is 3. The van der Waals surface area contributed by atoms with Gasteiger partial charge in [-0.25, -0.2) is 4.90 Å². The number of carbonyl (C=O) groups excluding carboxylic acids is 2. The largest absolute Gasteiger partial charge is 0.327 e. The third-order valence-electron chi connectivity index (χ3n) is 5.67. The van der Waals surface area contributed by atoms with Crippen molar-refractivity contribution in [2.24, 2.45) is 0 Å². The Balaban J connectivity index is 1.81. The van der Waals surface area contributed by atoms with Crippen LogP contribution < -0.4 is 9.80 Å². The molecule has 5 nitrogen and oxygen atoms in total. The molecular formula is C23H22N3O2+. The number of hydrogen-bond donors (Lipinski definition) is 0. The van der Waals surface area contributed by atoms with Crippen molar-refractivity contribution in [2.75, 3.05) is 37.6 Å². The number of amides is 2. The van der Waals surface area contributed by atoms with Gasteiger partial charge in [0.2, 0.25) is 0 Å². The second-order valence-electron chi connectivity index (χ2n) is 8.37. The molecule has 140 valence electrons. The van der Waals surface area contributed by atoms with Gasteiger partial charge in [-0.3, -0.25) is 9.59 Å². The number of nitrogens with zero attached hydrogens (tertiary/aromatic N) is 3. The first-order valence-electron chi connectivity index (χ1n) is 9.43. The van der Waals surface area contributed by atoms with Gasteiger partial charge in [0.25, 0.3) is 11.8 Å². The molecule has 0 fully saturated rings. The van der Waals surface area contributed by atoms with Gasteiger partial charge in [-0.2, -0.15) is 0 Å². The molecular weight excluding hydrogens is 350 g/mol. The van der Waals surface area contributed by atoms with E-state index in [4.69, 9.17) is 0 Å². The zero-order chi connectivity index (χ0) is 19.6. The minimum atomic E-state index is -0.260. The summed E-state index contributed by atoms with van der Waals surface area (Å²) in [6, 6.07) is 16.9. The van der Waals surface area contributed by atoms with E-state index in [1.54, 1.807) is 12.1 Å². The quantitative estimate of drug-likeness (QED) is 0.484. The topological polar surface area (TPSA) is 40.6 Å². The molecule has 0 spiro atoms. The molecule has 0 atom stereocenters. The molecule has 5 heteroatoms. The Morgan fingerprint density at radius 2 is 1.61 bits per heavy atom. The smallest absolute Gasteiger partial charge is 0.266 e. The van der Waals surface area contributed by atoms with E-state index in [0.717, 1.165) is 39.7 Å². The Morgan fingerprint density at radius 3 is 2.36 bits per heavy atom. The Bertz CT molecular complexity index is 1150. The Labute approximate surface area is 164 Å². The van der Waals surface area contributed by atoms with Gasteiger partial charge in [-0.15, -0.1) is 0 Å². The maximum Gasteiger partial charge on any atom is 0.266 e. The van der Waals surface area contributed by atoms with Crippen LogP contribution in [0, 0.1) is 0 Å². The predicted octanol–water partition coefficient (Wildman–Crippen LogP) is 3.62. The van der Waals surface area contributed by atoms with Crippen LogP contribution in [0.3, 0.4) is 0 Å². The number of imide groups is 1. The molecule has 0 aliphatic carbocycles. The molecule has 28 heavy (non-hydrogen) atoms. The van der Waals surface area contributed by atoms with Gasteiger partial charge >= 0.3 is 0 Å². The number of benzene rings is 3. The van der Waals surface area contributed by atoms with Crippen molar-refractivity contribution in [1.29, 1.82) is 0 Å². The predicted molar refractivity (Wildman–Crippen MR) is 111 cm³/mol. The Kier molecular flexibility index (Phi) is 3.43. The molecule has 0 aromatic heterocycles. The van der Waals surface area contributed by atoms with Gasteiger partial charge in [0.05, 0.1) is 25.5 Å². The minimum Gasteiger partial charge on any atom is -0.327 e. The molecule has 3 aromatic carbocycles. The number of para-hydroxylation sites is 1. The molecule has 2 heterocycles. The van der Waals surface area contributed by atoms with E-state index in [2.05, 4.69) is 26.0 Å². The van der Waals surface area contributed by atoms with Gasteiger partial charge in [-0.1, -0.05) is 30.3 Å². The van der Waals surface area contributed by atoms with E-state index >= 15 is 0 Å². The molecule has 0 saturated carbocycles. The van der Waals surface area contributed by atoms with Crippen molar-refractivity contribution < 1.29 is 14.1 Å². The van der Waals surface area contributed by atoms with Crippen LogP contribution in [0.15, 0.2) is 54.6 Å². The van der Waals surface area contributed by atoms with Crippen LogP contribution in [0.1, 0.15) is 26.3 Å². The first kappa shape index (κ1) is 17.0. The summed E-state index contributed by atoms with van der Waals surface area (Å²) < 4.78 is 0.823. The highest BCUT2D eigenvalue weighted by Gasteiger charge is 2.38. The lowest BCUT2D eigenvalue weighted by Crippen LogP contribution is -2.50. The first-order chi connectivity index (χ1) is 13.4.